The second-order valence-corrected chi connectivity index (χ2v) is 8.56. The van der Waals surface area contributed by atoms with Crippen LogP contribution in [0.3, 0.4) is 0 Å². The van der Waals surface area contributed by atoms with Crippen LogP contribution in [-0.2, 0) is 9.53 Å². The van der Waals surface area contributed by atoms with Crippen molar-refractivity contribution in [3.8, 4) is 11.1 Å². The van der Waals surface area contributed by atoms with Gasteiger partial charge < -0.3 is 14.7 Å². The number of benzene rings is 2. The normalized spacial score (nSPS) is 15.7. The van der Waals surface area contributed by atoms with Crippen molar-refractivity contribution < 1.29 is 24.2 Å². The number of hydrogen-bond acceptors (Lipinski definition) is 6. The first-order chi connectivity index (χ1) is 16.4. The Bertz CT molecular complexity index is 1230. The van der Waals surface area contributed by atoms with Gasteiger partial charge in [0, 0.05) is 19.0 Å². The number of nitrogens with zero attached hydrogens (tertiary/aromatic N) is 3. The van der Waals surface area contributed by atoms with E-state index in [1.807, 2.05) is 36.4 Å². The minimum Gasteiger partial charge on any atom is -0.481 e. The fourth-order valence-corrected chi connectivity index (χ4v) is 4.63. The van der Waals surface area contributed by atoms with E-state index in [4.69, 9.17) is 4.74 Å². The van der Waals surface area contributed by atoms with Crippen LogP contribution in [0.1, 0.15) is 41.0 Å². The Balaban J connectivity index is 1.19. The maximum absolute atomic E-state index is 12.5. The zero-order valence-electron chi connectivity index (χ0n) is 18.4. The molecule has 1 aromatic heterocycles. The van der Waals surface area contributed by atoms with E-state index in [1.165, 1.54) is 4.90 Å². The molecule has 0 unspecified atom stereocenters. The van der Waals surface area contributed by atoms with Crippen molar-refractivity contribution >= 4 is 23.9 Å². The molecule has 1 saturated heterocycles. The monoisotopic (exact) mass is 461 g/mol. The molecule has 0 radical (unpaired) electrons. The van der Waals surface area contributed by atoms with Gasteiger partial charge in [-0.05, 0) is 28.7 Å². The smallest absolute Gasteiger partial charge is 0.414 e. The summed E-state index contributed by atoms with van der Waals surface area (Å²) >= 11 is 0. The Hall–Kier alpha value is -4.21. The highest BCUT2D eigenvalue weighted by Gasteiger charge is 2.50. The standard InChI is InChI=1S/C24H23N5O5/c1-2-24(21(31)32)12-29(13-24)20(30)19-25-22(28-27-19)26-23(33)34-11-18-16-9-5-3-7-14(16)15-8-4-6-10-17(15)18/h3-10,18H,2,11-13H2,1H3,(H,31,32)(H2,25,26,27,28,33). The zero-order valence-corrected chi connectivity index (χ0v) is 18.4. The number of hydrogen-bond donors (Lipinski definition) is 3. The number of carbonyl (C=O) groups excluding carboxylic acids is 2. The number of amides is 2. The Morgan fingerprint density at radius 3 is 2.32 bits per heavy atom. The number of fused-ring (bicyclic) bond motifs is 3. The second-order valence-electron chi connectivity index (χ2n) is 8.56. The van der Waals surface area contributed by atoms with Gasteiger partial charge in [0.05, 0.1) is 0 Å². The Kier molecular flexibility index (Phi) is 5.27. The summed E-state index contributed by atoms with van der Waals surface area (Å²) in [5.74, 6) is -1.65. The molecular weight excluding hydrogens is 438 g/mol. The molecule has 0 bridgehead atoms. The van der Waals surface area contributed by atoms with Crippen LogP contribution < -0.4 is 5.32 Å². The number of anilines is 1. The molecule has 1 fully saturated rings. The first-order valence-electron chi connectivity index (χ1n) is 11.0. The molecule has 0 atom stereocenters. The maximum Gasteiger partial charge on any atom is 0.414 e. The summed E-state index contributed by atoms with van der Waals surface area (Å²) in [6.45, 7) is 2.12. The van der Waals surface area contributed by atoms with E-state index in [-0.39, 0.29) is 37.4 Å². The lowest BCUT2D eigenvalue weighted by atomic mass is 9.77. The largest absolute Gasteiger partial charge is 0.481 e. The molecule has 0 saturated carbocycles. The highest BCUT2D eigenvalue weighted by atomic mass is 16.5. The fourth-order valence-electron chi connectivity index (χ4n) is 4.63. The summed E-state index contributed by atoms with van der Waals surface area (Å²) in [5, 5.41) is 18.1. The van der Waals surface area contributed by atoms with E-state index in [0.29, 0.717) is 6.42 Å². The van der Waals surface area contributed by atoms with Crippen LogP contribution in [0.5, 0.6) is 0 Å². The van der Waals surface area contributed by atoms with Gasteiger partial charge in [0.1, 0.15) is 12.0 Å². The molecule has 174 valence electrons. The number of carbonyl (C=O) groups is 3. The molecule has 2 aromatic carbocycles. The van der Waals surface area contributed by atoms with Gasteiger partial charge in [-0.25, -0.2) is 4.79 Å². The number of H-pyrrole nitrogens is 1. The molecule has 5 rings (SSSR count). The zero-order chi connectivity index (χ0) is 23.9. The van der Waals surface area contributed by atoms with E-state index in [0.717, 1.165) is 22.3 Å². The van der Waals surface area contributed by atoms with Crippen LogP contribution in [0, 0.1) is 5.41 Å². The molecule has 2 aliphatic rings. The van der Waals surface area contributed by atoms with Gasteiger partial charge >= 0.3 is 12.1 Å². The summed E-state index contributed by atoms with van der Waals surface area (Å²) in [4.78, 5) is 41.7. The van der Waals surface area contributed by atoms with E-state index in [9.17, 15) is 19.5 Å². The molecule has 1 aliphatic heterocycles. The molecule has 3 aromatic rings. The highest BCUT2D eigenvalue weighted by molar-refractivity contribution is 5.93. The molecule has 2 heterocycles. The summed E-state index contributed by atoms with van der Waals surface area (Å²) in [6, 6.07) is 16.1. The molecule has 1 aliphatic carbocycles. The molecule has 34 heavy (non-hydrogen) atoms. The van der Waals surface area contributed by atoms with Crippen molar-refractivity contribution in [3.63, 3.8) is 0 Å². The van der Waals surface area contributed by atoms with Crippen LogP contribution in [-0.4, -0.2) is 62.9 Å². The number of likely N-dealkylation sites (tertiary alicyclic amines) is 1. The first-order valence-corrected chi connectivity index (χ1v) is 11.0. The van der Waals surface area contributed by atoms with Crippen molar-refractivity contribution in [2.45, 2.75) is 19.3 Å². The molecule has 3 N–H and O–H groups in total. The van der Waals surface area contributed by atoms with E-state index in [2.05, 4.69) is 32.6 Å². The van der Waals surface area contributed by atoms with E-state index >= 15 is 0 Å². The Morgan fingerprint density at radius 1 is 1.12 bits per heavy atom. The third-order valence-electron chi connectivity index (χ3n) is 6.65. The number of aromatic nitrogens is 3. The molecule has 10 heteroatoms. The van der Waals surface area contributed by atoms with Gasteiger partial charge in [0.25, 0.3) is 11.9 Å². The minimum atomic E-state index is -0.922. The van der Waals surface area contributed by atoms with E-state index in [1.54, 1.807) is 6.92 Å². The maximum atomic E-state index is 12.5. The van der Waals surface area contributed by atoms with Gasteiger partial charge in [0.2, 0.25) is 5.82 Å². The van der Waals surface area contributed by atoms with Crippen LogP contribution in [0.25, 0.3) is 11.1 Å². The number of ether oxygens (including phenoxy) is 1. The second kappa shape index (κ2) is 8.29. The van der Waals surface area contributed by atoms with Crippen molar-refractivity contribution in [3.05, 3.63) is 65.5 Å². The number of rotatable bonds is 6. The number of carboxylic acids is 1. The van der Waals surface area contributed by atoms with Gasteiger partial charge in [-0.2, -0.15) is 4.98 Å². The quantitative estimate of drug-likeness (QED) is 0.513. The first kappa shape index (κ1) is 21.6. The molecular formula is C24H23N5O5. The van der Waals surface area contributed by atoms with Crippen LogP contribution >= 0.6 is 0 Å². The van der Waals surface area contributed by atoms with Crippen LogP contribution in [0.15, 0.2) is 48.5 Å². The molecule has 10 nitrogen and oxygen atoms in total. The summed E-state index contributed by atoms with van der Waals surface area (Å²) in [6.07, 6.45) is -0.309. The van der Waals surface area contributed by atoms with E-state index < -0.39 is 23.4 Å². The summed E-state index contributed by atoms with van der Waals surface area (Å²) in [5.41, 5.74) is 3.54. The number of nitrogens with one attached hydrogen (secondary N) is 2. The number of carboxylic acid groups (broad SMARTS) is 1. The van der Waals surface area contributed by atoms with Crippen molar-refractivity contribution in [1.82, 2.24) is 20.1 Å². The van der Waals surface area contributed by atoms with Crippen LogP contribution in [0.2, 0.25) is 0 Å². The fraction of sp³-hybridized carbons (Fsp3) is 0.292. The third kappa shape index (κ3) is 3.57. The number of aromatic amines is 1. The highest BCUT2D eigenvalue weighted by Crippen LogP contribution is 2.44. The Morgan fingerprint density at radius 2 is 1.74 bits per heavy atom. The lowest BCUT2D eigenvalue weighted by Crippen LogP contribution is -2.62. The van der Waals surface area contributed by atoms with Crippen molar-refractivity contribution in [2.24, 2.45) is 5.41 Å². The average molecular weight is 461 g/mol. The predicted molar refractivity (Wildman–Crippen MR) is 121 cm³/mol. The summed E-state index contributed by atoms with van der Waals surface area (Å²) < 4.78 is 5.46. The van der Waals surface area contributed by atoms with Gasteiger partial charge in [-0.1, -0.05) is 55.5 Å². The van der Waals surface area contributed by atoms with Crippen molar-refractivity contribution in [2.75, 3.05) is 25.0 Å². The van der Waals surface area contributed by atoms with Crippen molar-refractivity contribution in [1.29, 1.82) is 0 Å². The van der Waals surface area contributed by atoms with Gasteiger partial charge in [-0.3, -0.25) is 20.0 Å². The topological polar surface area (TPSA) is 138 Å². The number of aliphatic carboxylic acids is 1. The average Bonchev–Trinajstić information content (AvgIpc) is 3.40. The van der Waals surface area contributed by atoms with Gasteiger partial charge in [-0.15, -0.1) is 5.10 Å². The molecule has 2 amide bonds. The van der Waals surface area contributed by atoms with Gasteiger partial charge in [0.15, 0.2) is 0 Å². The Labute approximate surface area is 195 Å². The third-order valence-corrected chi connectivity index (χ3v) is 6.65. The lowest BCUT2D eigenvalue weighted by molar-refractivity contribution is -0.158. The lowest BCUT2D eigenvalue weighted by Gasteiger charge is -2.46. The SMILES string of the molecule is CCC1(C(=O)O)CN(C(=O)c2nc(NC(=O)OCC3c4ccccc4-c4ccccc43)n[nH]2)C1. The minimum absolute atomic E-state index is 0.0796. The predicted octanol–water partition coefficient (Wildman–Crippen LogP) is 3.10. The molecule has 0 spiro atoms. The van der Waals surface area contributed by atoms with Crippen LogP contribution in [0.4, 0.5) is 10.7 Å². The summed E-state index contributed by atoms with van der Waals surface area (Å²) in [7, 11) is 0.